The van der Waals surface area contributed by atoms with Crippen LogP contribution >= 0.6 is 0 Å². The zero-order valence-corrected chi connectivity index (χ0v) is 12.6. The molecule has 0 radical (unpaired) electrons. The number of likely N-dealkylation sites (N-methyl/N-ethyl adjacent to an activating group) is 1. The van der Waals surface area contributed by atoms with Gasteiger partial charge in [-0.2, -0.15) is 0 Å². The van der Waals surface area contributed by atoms with Crippen molar-refractivity contribution in [3.05, 3.63) is 64.7 Å². The van der Waals surface area contributed by atoms with Crippen LogP contribution in [-0.4, -0.2) is 36.2 Å². The fraction of sp³-hybridized carbons (Fsp3) is 0.167. The Morgan fingerprint density at radius 2 is 1.48 bits per heavy atom. The summed E-state index contributed by atoms with van der Waals surface area (Å²) in [5, 5.41) is 0. The molecule has 0 unspecified atom stereocenters. The van der Waals surface area contributed by atoms with Crippen molar-refractivity contribution in [1.29, 1.82) is 0 Å². The van der Waals surface area contributed by atoms with Crippen molar-refractivity contribution in [3.63, 3.8) is 0 Å². The Labute approximate surface area is 133 Å². The zero-order chi connectivity index (χ0) is 16.1. The highest BCUT2D eigenvalue weighted by atomic mass is 16.2. The van der Waals surface area contributed by atoms with Gasteiger partial charge in [0.1, 0.15) is 0 Å². The van der Waals surface area contributed by atoms with Crippen LogP contribution in [0, 0.1) is 0 Å². The Bertz CT molecular complexity index is 837. The maximum Gasteiger partial charge on any atom is 0.266 e. The van der Waals surface area contributed by atoms with E-state index in [-0.39, 0.29) is 17.7 Å². The summed E-state index contributed by atoms with van der Waals surface area (Å²) in [7, 11) is 1.77. The second kappa shape index (κ2) is 4.78. The standard InChI is InChI=1S/C18H14N2O3/c1-19-9-8-11-10-12(6-7-13(11)16(19)21)20-17(22)14-4-2-3-5-15(14)18(20)23/h2-7,10H,8-9H2,1H3. The van der Waals surface area contributed by atoms with E-state index in [1.54, 1.807) is 54.4 Å². The minimum Gasteiger partial charge on any atom is -0.341 e. The van der Waals surface area contributed by atoms with Crippen molar-refractivity contribution in [3.8, 4) is 0 Å². The maximum atomic E-state index is 12.5. The van der Waals surface area contributed by atoms with E-state index in [0.717, 1.165) is 5.56 Å². The summed E-state index contributed by atoms with van der Waals surface area (Å²) < 4.78 is 0. The average Bonchev–Trinajstić information content (AvgIpc) is 2.83. The number of fused-ring (bicyclic) bond motifs is 2. The first-order valence-electron chi connectivity index (χ1n) is 7.44. The molecule has 5 heteroatoms. The van der Waals surface area contributed by atoms with Crippen LogP contribution in [0.15, 0.2) is 42.5 Å². The van der Waals surface area contributed by atoms with Gasteiger partial charge in [-0.1, -0.05) is 12.1 Å². The first-order chi connectivity index (χ1) is 11.1. The summed E-state index contributed by atoms with van der Waals surface area (Å²) in [5.74, 6) is -0.658. The summed E-state index contributed by atoms with van der Waals surface area (Å²) in [6.45, 7) is 0.636. The number of rotatable bonds is 1. The van der Waals surface area contributed by atoms with Crippen LogP contribution in [0.2, 0.25) is 0 Å². The van der Waals surface area contributed by atoms with Crippen molar-refractivity contribution < 1.29 is 14.4 Å². The van der Waals surface area contributed by atoms with Gasteiger partial charge in [0.05, 0.1) is 16.8 Å². The summed E-state index contributed by atoms with van der Waals surface area (Å²) in [4.78, 5) is 40.0. The van der Waals surface area contributed by atoms with E-state index in [0.29, 0.717) is 35.3 Å². The summed E-state index contributed by atoms with van der Waals surface area (Å²) in [5.41, 5.74) is 2.88. The number of carbonyl (C=O) groups is 3. The molecule has 2 aromatic rings. The van der Waals surface area contributed by atoms with Gasteiger partial charge >= 0.3 is 0 Å². The Hall–Kier alpha value is -2.95. The SMILES string of the molecule is CN1CCc2cc(N3C(=O)c4ccccc4C3=O)ccc2C1=O. The van der Waals surface area contributed by atoms with Gasteiger partial charge < -0.3 is 4.90 Å². The molecule has 0 atom stereocenters. The second-order valence-electron chi connectivity index (χ2n) is 5.81. The molecule has 0 fully saturated rings. The number of amides is 3. The Morgan fingerprint density at radius 3 is 2.13 bits per heavy atom. The van der Waals surface area contributed by atoms with Gasteiger partial charge in [0.15, 0.2) is 0 Å². The highest BCUT2D eigenvalue weighted by Gasteiger charge is 2.36. The Balaban J connectivity index is 1.77. The van der Waals surface area contributed by atoms with E-state index in [9.17, 15) is 14.4 Å². The summed E-state index contributed by atoms with van der Waals surface area (Å²) in [6.07, 6.45) is 0.717. The van der Waals surface area contributed by atoms with E-state index in [4.69, 9.17) is 0 Å². The molecule has 0 aliphatic carbocycles. The Kier molecular flexibility index (Phi) is 2.84. The summed E-state index contributed by atoms with van der Waals surface area (Å²) in [6, 6.07) is 12.0. The third-order valence-electron chi connectivity index (χ3n) is 4.43. The van der Waals surface area contributed by atoms with Gasteiger partial charge in [0, 0.05) is 19.2 Å². The van der Waals surface area contributed by atoms with Gasteiger partial charge in [-0.25, -0.2) is 4.90 Å². The number of hydrogen-bond acceptors (Lipinski definition) is 3. The molecule has 0 spiro atoms. The molecule has 23 heavy (non-hydrogen) atoms. The van der Waals surface area contributed by atoms with Crippen molar-refractivity contribution >= 4 is 23.4 Å². The lowest BCUT2D eigenvalue weighted by Crippen LogP contribution is -2.35. The van der Waals surface area contributed by atoms with Crippen molar-refractivity contribution in [1.82, 2.24) is 4.90 Å². The highest BCUT2D eigenvalue weighted by Crippen LogP contribution is 2.31. The predicted octanol–water partition coefficient (Wildman–Crippen LogP) is 2.12. The normalized spacial score (nSPS) is 16.7. The van der Waals surface area contributed by atoms with Crippen LogP contribution in [0.25, 0.3) is 0 Å². The maximum absolute atomic E-state index is 12.5. The van der Waals surface area contributed by atoms with E-state index in [1.165, 1.54) is 4.90 Å². The van der Waals surface area contributed by atoms with Crippen molar-refractivity contribution in [2.75, 3.05) is 18.5 Å². The van der Waals surface area contributed by atoms with Gasteiger partial charge in [-0.05, 0) is 42.3 Å². The third-order valence-corrected chi connectivity index (χ3v) is 4.43. The molecule has 2 aliphatic heterocycles. The number of hydrogen-bond donors (Lipinski definition) is 0. The highest BCUT2D eigenvalue weighted by molar-refractivity contribution is 6.34. The molecule has 5 nitrogen and oxygen atoms in total. The zero-order valence-electron chi connectivity index (χ0n) is 12.6. The molecular formula is C18H14N2O3. The number of nitrogens with zero attached hydrogens (tertiary/aromatic N) is 2. The van der Waals surface area contributed by atoms with Gasteiger partial charge in [0.25, 0.3) is 17.7 Å². The molecule has 0 aromatic heterocycles. The molecule has 0 saturated carbocycles. The van der Waals surface area contributed by atoms with Gasteiger partial charge in [-0.15, -0.1) is 0 Å². The smallest absolute Gasteiger partial charge is 0.266 e. The molecule has 2 aromatic carbocycles. The first-order valence-corrected chi connectivity index (χ1v) is 7.44. The number of carbonyl (C=O) groups excluding carboxylic acids is 3. The van der Waals surface area contributed by atoms with E-state index in [2.05, 4.69) is 0 Å². The van der Waals surface area contributed by atoms with Gasteiger partial charge in [-0.3, -0.25) is 14.4 Å². The largest absolute Gasteiger partial charge is 0.341 e. The molecule has 2 heterocycles. The van der Waals surface area contributed by atoms with E-state index >= 15 is 0 Å². The minimum absolute atomic E-state index is 0.0276. The van der Waals surface area contributed by atoms with Gasteiger partial charge in [0.2, 0.25) is 0 Å². The predicted molar refractivity (Wildman–Crippen MR) is 84.7 cm³/mol. The molecule has 114 valence electrons. The van der Waals surface area contributed by atoms with Crippen LogP contribution in [0.1, 0.15) is 36.6 Å². The van der Waals surface area contributed by atoms with Crippen LogP contribution in [0.4, 0.5) is 5.69 Å². The Morgan fingerprint density at radius 1 is 0.826 bits per heavy atom. The molecule has 2 aliphatic rings. The lowest BCUT2D eigenvalue weighted by molar-refractivity contribution is 0.0780. The number of benzene rings is 2. The molecule has 0 N–H and O–H groups in total. The number of anilines is 1. The first kappa shape index (κ1) is 13.7. The topological polar surface area (TPSA) is 57.7 Å². The van der Waals surface area contributed by atoms with Crippen LogP contribution in [0.5, 0.6) is 0 Å². The summed E-state index contributed by atoms with van der Waals surface area (Å²) >= 11 is 0. The van der Waals surface area contributed by atoms with Crippen molar-refractivity contribution in [2.24, 2.45) is 0 Å². The molecule has 0 saturated heterocycles. The fourth-order valence-corrected chi connectivity index (χ4v) is 3.15. The minimum atomic E-state index is -0.315. The quantitative estimate of drug-likeness (QED) is 0.758. The molecule has 3 amide bonds. The second-order valence-corrected chi connectivity index (χ2v) is 5.81. The van der Waals surface area contributed by atoms with Crippen molar-refractivity contribution in [2.45, 2.75) is 6.42 Å². The average molecular weight is 306 g/mol. The monoisotopic (exact) mass is 306 g/mol. The fourth-order valence-electron chi connectivity index (χ4n) is 3.15. The lowest BCUT2D eigenvalue weighted by atomic mass is 9.98. The molecule has 0 bridgehead atoms. The third kappa shape index (κ3) is 1.90. The lowest BCUT2D eigenvalue weighted by Gasteiger charge is -2.26. The van der Waals surface area contributed by atoms with Crippen LogP contribution < -0.4 is 4.90 Å². The molecule has 4 rings (SSSR count). The van der Waals surface area contributed by atoms with E-state index in [1.807, 2.05) is 0 Å². The number of imide groups is 1. The van der Waals surface area contributed by atoms with Crippen LogP contribution in [-0.2, 0) is 6.42 Å². The van der Waals surface area contributed by atoms with Crippen LogP contribution in [0.3, 0.4) is 0 Å². The molecular weight excluding hydrogens is 292 g/mol. The van der Waals surface area contributed by atoms with E-state index < -0.39 is 0 Å².